The number of thiophene rings is 1. The molecule has 1 amide bonds. The van der Waals surface area contributed by atoms with Gasteiger partial charge in [0.05, 0.1) is 0 Å². The predicted molar refractivity (Wildman–Crippen MR) is 111 cm³/mol. The summed E-state index contributed by atoms with van der Waals surface area (Å²) in [7, 11) is 0. The van der Waals surface area contributed by atoms with Crippen LogP contribution in [0.1, 0.15) is 37.0 Å². The summed E-state index contributed by atoms with van der Waals surface area (Å²) in [6.07, 6.45) is 7.90. The van der Waals surface area contributed by atoms with Crippen molar-refractivity contribution < 1.29 is 4.79 Å². The quantitative estimate of drug-likeness (QED) is 0.275. The van der Waals surface area contributed by atoms with Crippen molar-refractivity contribution in [3.63, 3.8) is 0 Å². The second kappa shape index (κ2) is 9.97. The number of alkyl halides is 3. The number of thiocarbonyl (C=S) groups is 1. The molecule has 1 fully saturated rings. The number of halogens is 3. The lowest BCUT2D eigenvalue weighted by atomic mass is 9.96. The van der Waals surface area contributed by atoms with Crippen molar-refractivity contribution in [3.8, 4) is 0 Å². The van der Waals surface area contributed by atoms with Gasteiger partial charge in [-0.25, -0.2) is 0 Å². The maximum atomic E-state index is 12.1. The van der Waals surface area contributed by atoms with Crippen LogP contribution in [0.5, 0.6) is 0 Å². The Labute approximate surface area is 172 Å². The van der Waals surface area contributed by atoms with E-state index in [0.29, 0.717) is 11.2 Å². The maximum absolute atomic E-state index is 12.1. The molecule has 0 aliphatic heterocycles. The first-order chi connectivity index (χ1) is 11.8. The second-order valence-electron chi connectivity index (χ2n) is 5.78. The summed E-state index contributed by atoms with van der Waals surface area (Å²) in [5.41, 5.74) is 0. The lowest BCUT2D eigenvalue weighted by Gasteiger charge is -2.30. The number of carbonyl (C=O) groups excluding carboxylic acids is 1. The summed E-state index contributed by atoms with van der Waals surface area (Å²) in [5, 5.41) is 11.0. The molecule has 3 N–H and O–H groups in total. The van der Waals surface area contributed by atoms with Crippen molar-refractivity contribution >= 4 is 75.5 Å². The SMILES string of the molecule is O=C(/C=C/c1cccs1)NC(NC(=S)NC1CCCCC1)C(Cl)(Cl)Cl. The van der Waals surface area contributed by atoms with E-state index in [1.54, 1.807) is 6.08 Å². The van der Waals surface area contributed by atoms with Crippen LogP contribution in [0.15, 0.2) is 23.6 Å². The molecule has 0 saturated heterocycles. The van der Waals surface area contributed by atoms with E-state index in [4.69, 9.17) is 47.0 Å². The fourth-order valence-electron chi connectivity index (χ4n) is 2.54. The van der Waals surface area contributed by atoms with E-state index < -0.39 is 9.96 Å². The van der Waals surface area contributed by atoms with Crippen LogP contribution in [0.25, 0.3) is 6.08 Å². The Morgan fingerprint density at radius 1 is 1.28 bits per heavy atom. The summed E-state index contributed by atoms with van der Waals surface area (Å²) in [5.74, 6) is -0.377. The van der Waals surface area contributed by atoms with E-state index in [0.717, 1.165) is 17.7 Å². The highest BCUT2D eigenvalue weighted by molar-refractivity contribution is 7.80. The van der Waals surface area contributed by atoms with E-state index in [2.05, 4.69) is 16.0 Å². The minimum absolute atomic E-state index is 0.319. The van der Waals surface area contributed by atoms with Crippen LogP contribution >= 0.6 is 58.4 Å². The van der Waals surface area contributed by atoms with Crippen molar-refractivity contribution in [2.24, 2.45) is 0 Å². The highest BCUT2D eigenvalue weighted by atomic mass is 35.6. The monoisotopic (exact) mass is 439 g/mol. The molecule has 1 atom stereocenters. The van der Waals surface area contributed by atoms with Gasteiger partial charge in [-0.2, -0.15) is 0 Å². The lowest BCUT2D eigenvalue weighted by Crippen LogP contribution is -2.58. The van der Waals surface area contributed by atoms with Crippen LogP contribution in [-0.4, -0.2) is 27.0 Å². The molecular formula is C16H20Cl3N3OS2. The van der Waals surface area contributed by atoms with Gasteiger partial charge in [-0.15, -0.1) is 11.3 Å². The summed E-state index contributed by atoms with van der Waals surface area (Å²) >= 11 is 24.7. The van der Waals surface area contributed by atoms with Crippen molar-refractivity contribution in [3.05, 3.63) is 28.5 Å². The Morgan fingerprint density at radius 2 is 2.00 bits per heavy atom. The summed E-state index contributed by atoms with van der Waals surface area (Å²) in [4.78, 5) is 13.1. The molecule has 25 heavy (non-hydrogen) atoms. The molecule has 1 unspecified atom stereocenters. The third-order valence-corrected chi connectivity index (χ3v) is 5.50. The maximum Gasteiger partial charge on any atom is 0.245 e. The van der Waals surface area contributed by atoms with E-state index in [-0.39, 0.29) is 5.91 Å². The molecule has 0 bridgehead atoms. The summed E-state index contributed by atoms with van der Waals surface area (Å²) in [6, 6.07) is 4.13. The molecule has 0 aromatic carbocycles. The van der Waals surface area contributed by atoms with Crippen LogP contribution in [-0.2, 0) is 4.79 Å². The molecule has 1 aliphatic carbocycles. The van der Waals surface area contributed by atoms with Crippen LogP contribution in [0.4, 0.5) is 0 Å². The first kappa shape index (κ1) is 20.8. The van der Waals surface area contributed by atoms with E-state index >= 15 is 0 Å². The van der Waals surface area contributed by atoms with Gasteiger partial charge in [-0.3, -0.25) is 4.79 Å². The van der Waals surface area contributed by atoms with Gasteiger partial charge in [-0.1, -0.05) is 60.1 Å². The third-order valence-electron chi connectivity index (χ3n) is 3.77. The average molecular weight is 441 g/mol. The zero-order chi connectivity index (χ0) is 18.3. The molecular weight excluding hydrogens is 421 g/mol. The van der Waals surface area contributed by atoms with Crippen LogP contribution < -0.4 is 16.0 Å². The van der Waals surface area contributed by atoms with Crippen LogP contribution in [0, 0.1) is 0 Å². The predicted octanol–water partition coefficient (Wildman–Crippen LogP) is 4.37. The van der Waals surface area contributed by atoms with Crippen molar-refractivity contribution in [2.45, 2.75) is 48.1 Å². The first-order valence-corrected chi connectivity index (χ1v) is 10.4. The molecule has 1 saturated carbocycles. The fraction of sp³-hybridized carbons (Fsp3) is 0.500. The van der Waals surface area contributed by atoms with Crippen molar-refractivity contribution in [2.75, 3.05) is 0 Å². The van der Waals surface area contributed by atoms with Crippen molar-refractivity contribution in [1.82, 2.24) is 16.0 Å². The number of carbonyl (C=O) groups is 1. The van der Waals surface area contributed by atoms with Gasteiger partial charge in [-0.05, 0) is 42.6 Å². The molecule has 1 heterocycles. The number of hydrogen-bond acceptors (Lipinski definition) is 3. The van der Waals surface area contributed by atoms with E-state index in [1.165, 1.54) is 36.7 Å². The Morgan fingerprint density at radius 3 is 2.60 bits per heavy atom. The minimum Gasteiger partial charge on any atom is -0.360 e. The summed E-state index contributed by atoms with van der Waals surface area (Å²) < 4.78 is -1.75. The highest BCUT2D eigenvalue weighted by Gasteiger charge is 2.34. The Bertz CT molecular complexity index is 596. The minimum atomic E-state index is -1.75. The third kappa shape index (κ3) is 7.71. The Kier molecular flexibility index (Phi) is 8.29. The molecule has 1 aromatic heterocycles. The van der Waals surface area contributed by atoms with Gasteiger partial charge in [0.25, 0.3) is 0 Å². The topological polar surface area (TPSA) is 53.2 Å². The molecule has 138 valence electrons. The molecule has 1 aromatic rings. The number of rotatable bonds is 5. The Hall–Kier alpha value is -0.530. The average Bonchev–Trinajstić information content (AvgIpc) is 3.06. The van der Waals surface area contributed by atoms with Gasteiger partial charge < -0.3 is 16.0 Å². The molecule has 2 rings (SSSR count). The second-order valence-corrected chi connectivity index (χ2v) is 9.54. The zero-order valence-corrected chi connectivity index (χ0v) is 17.3. The Balaban J connectivity index is 1.89. The molecule has 1 aliphatic rings. The first-order valence-electron chi connectivity index (χ1n) is 8.00. The molecule has 0 spiro atoms. The summed E-state index contributed by atoms with van der Waals surface area (Å²) in [6.45, 7) is 0. The van der Waals surface area contributed by atoms with Gasteiger partial charge >= 0.3 is 0 Å². The molecule has 0 radical (unpaired) electrons. The highest BCUT2D eigenvalue weighted by Crippen LogP contribution is 2.29. The van der Waals surface area contributed by atoms with Gasteiger partial charge in [0.1, 0.15) is 6.17 Å². The fourth-order valence-corrected chi connectivity index (χ4v) is 3.77. The van der Waals surface area contributed by atoms with Gasteiger partial charge in [0.15, 0.2) is 5.11 Å². The normalized spacial score (nSPS) is 17.2. The van der Waals surface area contributed by atoms with Crippen LogP contribution in [0.3, 0.4) is 0 Å². The largest absolute Gasteiger partial charge is 0.360 e. The van der Waals surface area contributed by atoms with E-state index in [1.807, 2.05) is 17.5 Å². The van der Waals surface area contributed by atoms with Crippen molar-refractivity contribution in [1.29, 1.82) is 0 Å². The number of amides is 1. The van der Waals surface area contributed by atoms with Crippen LogP contribution in [0.2, 0.25) is 0 Å². The lowest BCUT2D eigenvalue weighted by molar-refractivity contribution is -0.117. The number of nitrogens with one attached hydrogen (secondary N) is 3. The van der Waals surface area contributed by atoms with Gasteiger partial charge in [0, 0.05) is 17.0 Å². The molecule has 9 heteroatoms. The van der Waals surface area contributed by atoms with Gasteiger partial charge in [0.2, 0.25) is 9.70 Å². The smallest absolute Gasteiger partial charge is 0.245 e. The standard InChI is InChI=1S/C16H20Cl3N3OS2/c17-16(18,19)14(21-13(23)9-8-12-7-4-10-25-12)22-15(24)20-11-5-2-1-3-6-11/h4,7-11,14H,1-3,5-6H2,(H,21,23)(H2,20,22,24)/b9-8+. The number of hydrogen-bond donors (Lipinski definition) is 3. The zero-order valence-electron chi connectivity index (χ0n) is 13.4. The molecule has 4 nitrogen and oxygen atoms in total. The van der Waals surface area contributed by atoms with E-state index in [9.17, 15) is 4.79 Å².